The number of carbonyl (C=O) groups excluding carboxylic acids is 1. The average Bonchev–Trinajstić information content (AvgIpc) is 3.02. The maximum atomic E-state index is 12.2. The van der Waals surface area contributed by atoms with E-state index >= 15 is 0 Å². The molecule has 0 bridgehead atoms. The molecule has 7 heteroatoms. The van der Waals surface area contributed by atoms with Gasteiger partial charge in [-0.25, -0.2) is 0 Å². The number of likely N-dealkylation sites (tertiary alicyclic amines) is 1. The van der Waals surface area contributed by atoms with Crippen molar-refractivity contribution in [3.8, 4) is 5.75 Å². The van der Waals surface area contributed by atoms with Crippen LogP contribution in [0.1, 0.15) is 23.5 Å². The Bertz CT molecular complexity index is 730. The Hall–Kier alpha value is -1.72. The van der Waals surface area contributed by atoms with Crippen molar-refractivity contribution in [1.82, 2.24) is 14.7 Å². The first-order valence-electron chi connectivity index (χ1n) is 6.88. The molecule has 0 unspecified atom stereocenters. The molecule has 1 N–H and O–H groups in total. The highest BCUT2D eigenvalue weighted by molar-refractivity contribution is 6.42. The molecule has 5 nitrogen and oxygen atoms in total. The second-order valence-electron chi connectivity index (χ2n) is 5.49. The van der Waals surface area contributed by atoms with Gasteiger partial charge in [0.25, 0.3) is 0 Å². The molecule has 1 aliphatic heterocycles. The third-order valence-corrected chi connectivity index (χ3v) is 4.68. The van der Waals surface area contributed by atoms with Crippen molar-refractivity contribution in [1.29, 1.82) is 0 Å². The number of rotatable bonds is 3. The summed E-state index contributed by atoms with van der Waals surface area (Å²) in [6.07, 6.45) is 3.93. The Morgan fingerprint density at radius 2 is 2.18 bits per heavy atom. The van der Waals surface area contributed by atoms with Gasteiger partial charge in [0.2, 0.25) is 5.91 Å². The normalized spacial score (nSPS) is 18.2. The van der Waals surface area contributed by atoms with Crippen LogP contribution in [0.15, 0.2) is 24.5 Å². The molecule has 1 saturated heterocycles. The van der Waals surface area contributed by atoms with Crippen LogP contribution in [0.4, 0.5) is 0 Å². The van der Waals surface area contributed by atoms with E-state index in [2.05, 4.69) is 5.10 Å². The van der Waals surface area contributed by atoms with E-state index in [-0.39, 0.29) is 17.6 Å². The van der Waals surface area contributed by atoms with Gasteiger partial charge in [0.05, 0.1) is 16.2 Å². The van der Waals surface area contributed by atoms with Crippen LogP contribution in [0.3, 0.4) is 0 Å². The summed E-state index contributed by atoms with van der Waals surface area (Å²) in [4.78, 5) is 14.0. The minimum atomic E-state index is -0.157. The van der Waals surface area contributed by atoms with E-state index in [9.17, 15) is 9.90 Å². The van der Waals surface area contributed by atoms with Crippen molar-refractivity contribution in [2.24, 2.45) is 7.05 Å². The molecule has 2 aromatic rings. The van der Waals surface area contributed by atoms with E-state index in [0.717, 1.165) is 5.56 Å². The number of hydrogen-bond donors (Lipinski definition) is 1. The van der Waals surface area contributed by atoms with E-state index in [1.54, 1.807) is 21.8 Å². The van der Waals surface area contributed by atoms with Crippen LogP contribution < -0.4 is 0 Å². The van der Waals surface area contributed by atoms with Crippen molar-refractivity contribution in [2.45, 2.75) is 18.9 Å². The molecule has 1 fully saturated rings. The zero-order valence-corrected chi connectivity index (χ0v) is 13.5. The van der Waals surface area contributed by atoms with E-state index in [1.807, 2.05) is 13.2 Å². The maximum absolute atomic E-state index is 12.2. The Morgan fingerprint density at radius 1 is 1.41 bits per heavy atom. The molecule has 22 heavy (non-hydrogen) atoms. The molecule has 0 saturated carbocycles. The lowest BCUT2D eigenvalue weighted by Crippen LogP contribution is -2.24. The van der Waals surface area contributed by atoms with Gasteiger partial charge in [-0.2, -0.15) is 5.10 Å². The number of aromatic nitrogens is 2. The van der Waals surface area contributed by atoms with Gasteiger partial charge in [-0.05, 0) is 12.1 Å². The molecule has 0 spiro atoms. The third-order valence-electron chi connectivity index (χ3n) is 3.86. The number of halogens is 2. The number of aromatic hydroxyl groups is 1. The highest BCUT2D eigenvalue weighted by Gasteiger charge is 2.34. The zero-order chi connectivity index (χ0) is 15.9. The summed E-state index contributed by atoms with van der Waals surface area (Å²) in [6, 6.07) is 3.06. The molecular weight excluding hydrogens is 325 g/mol. The number of nitrogens with zero attached hydrogens (tertiary/aromatic N) is 3. The van der Waals surface area contributed by atoms with Gasteiger partial charge in [-0.1, -0.05) is 23.2 Å². The largest absolute Gasteiger partial charge is 0.508 e. The van der Waals surface area contributed by atoms with Gasteiger partial charge in [-0.3, -0.25) is 9.48 Å². The second-order valence-corrected chi connectivity index (χ2v) is 6.28. The number of phenolic OH excluding ortho intramolecular Hbond substituents is 1. The lowest BCUT2D eigenvalue weighted by molar-refractivity contribution is -0.128. The Labute approximate surface area is 138 Å². The Kier molecular flexibility index (Phi) is 4.02. The van der Waals surface area contributed by atoms with Crippen molar-refractivity contribution in [3.63, 3.8) is 0 Å². The number of amides is 1. The van der Waals surface area contributed by atoms with Gasteiger partial charge in [0.1, 0.15) is 5.75 Å². The third kappa shape index (κ3) is 2.78. The highest BCUT2D eigenvalue weighted by atomic mass is 35.5. The number of benzene rings is 1. The van der Waals surface area contributed by atoms with Crippen LogP contribution in [-0.4, -0.2) is 32.2 Å². The Balaban J connectivity index is 1.81. The first-order chi connectivity index (χ1) is 10.5. The molecule has 1 aromatic heterocycles. The monoisotopic (exact) mass is 339 g/mol. The molecule has 1 aliphatic rings. The molecule has 0 aliphatic carbocycles. The standard InChI is InChI=1S/C15H15Cl2N3O2/c1-19-6-9(5-18-19)7-20-8-10(4-13(20)22)14-12(21)3-2-11(16)15(14)17/h2-3,5-6,10,21H,4,7-8H2,1H3/t10-/m1/s1. The quantitative estimate of drug-likeness (QED) is 0.935. The lowest BCUT2D eigenvalue weighted by atomic mass is 9.97. The number of phenols is 1. The summed E-state index contributed by atoms with van der Waals surface area (Å²) in [5.74, 6) is -0.0462. The molecule has 1 amide bonds. The van der Waals surface area contributed by atoms with E-state index < -0.39 is 0 Å². The van der Waals surface area contributed by atoms with E-state index in [0.29, 0.717) is 35.1 Å². The highest BCUT2D eigenvalue weighted by Crippen LogP contribution is 2.41. The topological polar surface area (TPSA) is 58.4 Å². The van der Waals surface area contributed by atoms with Crippen molar-refractivity contribution < 1.29 is 9.90 Å². The molecule has 3 rings (SSSR count). The number of aryl methyl sites for hydroxylation is 1. The Morgan fingerprint density at radius 3 is 2.86 bits per heavy atom. The summed E-state index contributed by atoms with van der Waals surface area (Å²) in [7, 11) is 1.84. The van der Waals surface area contributed by atoms with Gasteiger partial charge in [-0.15, -0.1) is 0 Å². The summed E-state index contributed by atoms with van der Waals surface area (Å²) in [6.45, 7) is 1.00. The predicted molar refractivity (Wildman–Crippen MR) is 84.1 cm³/mol. The van der Waals surface area contributed by atoms with Gasteiger partial charge in [0.15, 0.2) is 0 Å². The fourth-order valence-electron chi connectivity index (χ4n) is 2.84. The second kappa shape index (κ2) is 5.82. The van der Waals surface area contributed by atoms with Crippen LogP contribution in [0.5, 0.6) is 5.75 Å². The summed E-state index contributed by atoms with van der Waals surface area (Å²) in [5.41, 5.74) is 1.52. The van der Waals surface area contributed by atoms with Gasteiger partial charge in [0, 0.05) is 49.8 Å². The van der Waals surface area contributed by atoms with E-state index in [1.165, 1.54) is 6.07 Å². The van der Waals surface area contributed by atoms with Crippen LogP contribution >= 0.6 is 23.2 Å². The molecule has 116 valence electrons. The number of hydrogen-bond acceptors (Lipinski definition) is 3. The van der Waals surface area contributed by atoms with Crippen LogP contribution in [0.25, 0.3) is 0 Å². The van der Waals surface area contributed by atoms with E-state index in [4.69, 9.17) is 23.2 Å². The lowest BCUT2D eigenvalue weighted by Gasteiger charge is -2.17. The minimum Gasteiger partial charge on any atom is -0.508 e. The fourth-order valence-corrected chi connectivity index (χ4v) is 3.32. The van der Waals surface area contributed by atoms with Gasteiger partial charge >= 0.3 is 0 Å². The molecular formula is C15H15Cl2N3O2. The maximum Gasteiger partial charge on any atom is 0.223 e. The van der Waals surface area contributed by atoms with Crippen LogP contribution in [-0.2, 0) is 18.4 Å². The van der Waals surface area contributed by atoms with Crippen molar-refractivity contribution in [2.75, 3.05) is 6.54 Å². The van der Waals surface area contributed by atoms with Gasteiger partial charge < -0.3 is 10.0 Å². The smallest absolute Gasteiger partial charge is 0.223 e. The first-order valence-corrected chi connectivity index (χ1v) is 7.63. The SMILES string of the molecule is Cn1cc(CN2C[C@H](c3c(O)ccc(Cl)c3Cl)CC2=O)cn1. The zero-order valence-electron chi connectivity index (χ0n) is 12.0. The van der Waals surface area contributed by atoms with Crippen LogP contribution in [0.2, 0.25) is 10.0 Å². The van der Waals surface area contributed by atoms with Crippen molar-refractivity contribution in [3.05, 3.63) is 45.7 Å². The summed E-state index contributed by atoms with van der Waals surface area (Å²) < 4.78 is 1.70. The summed E-state index contributed by atoms with van der Waals surface area (Å²) in [5, 5.41) is 14.9. The average molecular weight is 340 g/mol. The first kappa shape index (κ1) is 15.2. The predicted octanol–water partition coefficient (Wildman–Crippen LogP) is 2.95. The molecule has 1 aromatic carbocycles. The molecule has 0 radical (unpaired) electrons. The van der Waals surface area contributed by atoms with Crippen LogP contribution in [0, 0.1) is 0 Å². The molecule has 2 heterocycles. The van der Waals surface area contributed by atoms with Crippen molar-refractivity contribution >= 4 is 29.1 Å². The summed E-state index contributed by atoms with van der Waals surface area (Å²) >= 11 is 12.2. The number of carbonyl (C=O) groups is 1. The minimum absolute atomic E-state index is 0.0318. The molecule has 1 atom stereocenters. The fraction of sp³-hybridized carbons (Fsp3) is 0.333.